The largest absolute Gasteiger partial charge is 0.330 e. The van der Waals surface area contributed by atoms with Gasteiger partial charge in [0.25, 0.3) is 5.91 Å². The first kappa shape index (κ1) is 10.1. The van der Waals surface area contributed by atoms with E-state index in [4.69, 9.17) is 5.73 Å². The maximum atomic E-state index is 11.8. The Hall–Kier alpha value is -1.42. The number of amides is 2. The highest BCUT2D eigenvalue weighted by Gasteiger charge is 2.42. The minimum Gasteiger partial charge on any atom is -0.330 e. The lowest BCUT2D eigenvalue weighted by molar-refractivity contribution is -0.138. The third-order valence-electron chi connectivity index (χ3n) is 2.80. The molecular formula is C11H14N2O2. The highest BCUT2D eigenvalue weighted by molar-refractivity contribution is 6.15. The average molecular weight is 206 g/mol. The normalized spacial score (nSPS) is 24.5. The molecule has 80 valence electrons. The Kier molecular flexibility index (Phi) is 2.68. The van der Waals surface area contributed by atoms with Crippen molar-refractivity contribution in [3.05, 3.63) is 23.8 Å². The molecular weight excluding hydrogens is 192 g/mol. The van der Waals surface area contributed by atoms with E-state index in [9.17, 15) is 9.59 Å². The summed E-state index contributed by atoms with van der Waals surface area (Å²) in [6.07, 6.45) is 6.83. The van der Waals surface area contributed by atoms with E-state index in [0.717, 1.165) is 0 Å². The Morgan fingerprint density at radius 3 is 2.93 bits per heavy atom. The number of hydrogen-bond donors (Lipinski definition) is 1. The summed E-state index contributed by atoms with van der Waals surface area (Å²) in [5.74, 6) is -0.438. The van der Waals surface area contributed by atoms with Crippen LogP contribution in [0, 0.1) is 5.92 Å². The zero-order valence-corrected chi connectivity index (χ0v) is 8.48. The number of nitrogens with two attached hydrogens (primary N) is 1. The van der Waals surface area contributed by atoms with Crippen molar-refractivity contribution in [1.82, 2.24) is 4.90 Å². The molecule has 2 N–H and O–H groups in total. The van der Waals surface area contributed by atoms with Crippen LogP contribution in [0.2, 0.25) is 0 Å². The standard InChI is InChI=1S/C11H14N2O2/c12-6-3-7-13-10(14)8-4-1-2-5-9(8)11(13)15/h1-2,4,9H,3,5-7,12H2. The number of allylic oxidation sites excluding steroid dienone is 3. The summed E-state index contributed by atoms with van der Waals surface area (Å²) in [6.45, 7) is 0.945. The number of likely N-dealkylation sites (tertiary alicyclic amines) is 1. The smallest absolute Gasteiger partial charge is 0.257 e. The van der Waals surface area contributed by atoms with Gasteiger partial charge in [0.1, 0.15) is 0 Å². The van der Waals surface area contributed by atoms with Gasteiger partial charge >= 0.3 is 0 Å². The lowest BCUT2D eigenvalue weighted by Crippen LogP contribution is -2.32. The van der Waals surface area contributed by atoms with Crippen LogP contribution < -0.4 is 5.73 Å². The van der Waals surface area contributed by atoms with Crippen LogP contribution in [-0.4, -0.2) is 29.8 Å². The highest BCUT2D eigenvalue weighted by Crippen LogP contribution is 2.31. The molecule has 1 unspecified atom stereocenters. The summed E-state index contributed by atoms with van der Waals surface area (Å²) in [5.41, 5.74) is 6.01. The molecule has 1 atom stereocenters. The molecule has 1 heterocycles. The number of carbonyl (C=O) groups excluding carboxylic acids is 2. The molecule has 0 aromatic rings. The van der Waals surface area contributed by atoms with Crippen LogP contribution in [0.4, 0.5) is 0 Å². The predicted octanol–water partition coefficient (Wildman–Crippen LogP) is 0.206. The van der Waals surface area contributed by atoms with Gasteiger partial charge in [-0.05, 0) is 19.4 Å². The van der Waals surface area contributed by atoms with E-state index in [1.165, 1.54) is 4.90 Å². The van der Waals surface area contributed by atoms with Gasteiger partial charge in [0, 0.05) is 12.1 Å². The molecule has 15 heavy (non-hydrogen) atoms. The minimum atomic E-state index is -0.236. The van der Waals surface area contributed by atoms with E-state index in [2.05, 4.69) is 0 Å². The first-order valence-corrected chi connectivity index (χ1v) is 5.18. The van der Waals surface area contributed by atoms with Crippen molar-refractivity contribution in [3.8, 4) is 0 Å². The van der Waals surface area contributed by atoms with E-state index in [1.807, 2.05) is 12.2 Å². The van der Waals surface area contributed by atoms with Crippen molar-refractivity contribution in [2.45, 2.75) is 12.8 Å². The van der Waals surface area contributed by atoms with E-state index in [1.54, 1.807) is 6.08 Å². The molecule has 1 aliphatic heterocycles. The fourth-order valence-corrected chi connectivity index (χ4v) is 1.99. The van der Waals surface area contributed by atoms with Crippen molar-refractivity contribution in [2.75, 3.05) is 13.1 Å². The zero-order valence-electron chi connectivity index (χ0n) is 8.48. The van der Waals surface area contributed by atoms with Crippen molar-refractivity contribution in [3.63, 3.8) is 0 Å². The van der Waals surface area contributed by atoms with Crippen LogP contribution in [-0.2, 0) is 9.59 Å². The van der Waals surface area contributed by atoms with Crippen LogP contribution in [0.5, 0.6) is 0 Å². The van der Waals surface area contributed by atoms with E-state index >= 15 is 0 Å². The molecule has 0 aromatic carbocycles. The van der Waals surface area contributed by atoms with Crippen molar-refractivity contribution < 1.29 is 9.59 Å². The molecule has 4 nitrogen and oxygen atoms in total. The maximum Gasteiger partial charge on any atom is 0.257 e. The lowest BCUT2D eigenvalue weighted by Gasteiger charge is -2.12. The van der Waals surface area contributed by atoms with Gasteiger partial charge in [-0.15, -0.1) is 0 Å². The predicted molar refractivity (Wildman–Crippen MR) is 55.7 cm³/mol. The number of imide groups is 1. The molecule has 2 rings (SSSR count). The summed E-state index contributed by atoms with van der Waals surface area (Å²) in [7, 11) is 0. The Labute approximate surface area is 88.4 Å². The van der Waals surface area contributed by atoms with Gasteiger partial charge in [0.15, 0.2) is 0 Å². The molecule has 1 saturated heterocycles. The highest BCUT2D eigenvalue weighted by atomic mass is 16.2. The van der Waals surface area contributed by atoms with Crippen molar-refractivity contribution in [2.24, 2.45) is 11.7 Å². The molecule has 2 aliphatic rings. The third-order valence-corrected chi connectivity index (χ3v) is 2.80. The monoisotopic (exact) mass is 206 g/mol. The Morgan fingerprint density at radius 1 is 1.47 bits per heavy atom. The van der Waals surface area contributed by atoms with Gasteiger partial charge in [-0.3, -0.25) is 14.5 Å². The number of carbonyl (C=O) groups is 2. The summed E-state index contributed by atoms with van der Waals surface area (Å²) >= 11 is 0. The Bertz CT molecular complexity index is 358. The summed E-state index contributed by atoms with van der Waals surface area (Å²) in [4.78, 5) is 25.0. The van der Waals surface area contributed by atoms with Gasteiger partial charge in [-0.2, -0.15) is 0 Å². The number of hydrogen-bond acceptors (Lipinski definition) is 3. The number of rotatable bonds is 3. The maximum absolute atomic E-state index is 11.8. The number of nitrogens with zero attached hydrogens (tertiary/aromatic N) is 1. The van der Waals surface area contributed by atoms with Gasteiger partial charge in [0.05, 0.1) is 5.92 Å². The fraction of sp³-hybridized carbons (Fsp3) is 0.455. The molecule has 0 aromatic heterocycles. The summed E-state index contributed by atoms with van der Waals surface area (Å²) in [5, 5.41) is 0. The second kappa shape index (κ2) is 3.98. The average Bonchev–Trinajstić information content (AvgIpc) is 2.51. The summed E-state index contributed by atoms with van der Waals surface area (Å²) in [6, 6.07) is 0. The van der Waals surface area contributed by atoms with Crippen LogP contribution in [0.25, 0.3) is 0 Å². The van der Waals surface area contributed by atoms with Crippen LogP contribution in [0.15, 0.2) is 23.8 Å². The van der Waals surface area contributed by atoms with Crippen molar-refractivity contribution in [1.29, 1.82) is 0 Å². The van der Waals surface area contributed by atoms with Crippen LogP contribution >= 0.6 is 0 Å². The van der Waals surface area contributed by atoms with Crippen molar-refractivity contribution >= 4 is 11.8 Å². The van der Waals surface area contributed by atoms with Gasteiger partial charge in [-0.1, -0.05) is 18.2 Å². The fourth-order valence-electron chi connectivity index (χ4n) is 1.99. The minimum absolute atomic E-state index is 0.0657. The topological polar surface area (TPSA) is 63.4 Å². The van der Waals surface area contributed by atoms with E-state index in [0.29, 0.717) is 31.5 Å². The first-order valence-electron chi connectivity index (χ1n) is 5.18. The van der Waals surface area contributed by atoms with E-state index in [-0.39, 0.29) is 17.7 Å². The zero-order chi connectivity index (χ0) is 10.8. The molecule has 1 fully saturated rings. The van der Waals surface area contributed by atoms with Gasteiger partial charge in [-0.25, -0.2) is 0 Å². The number of fused-ring (bicyclic) bond motifs is 1. The second-order valence-electron chi connectivity index (χ2n) is 3.78. The molecule has 1 aliphatic carbocycles. The first-order chi connectivity index (χ1) is 7.25. The molecule has 0 bridgehead atoms. The van der Waals surface area contributed by atoms with Crippen LogP contribution in [0.1, 0.15) is 12.8 Å². The molecule has 0 radical (unpaired) electrons. The lowest BCUT2D eigenvalue weighted by atomic mass is 9.94. The van der Waals surface area contributed by atoms with E-state index < -0.39 is 0 Å². The third kappa shape index (κ3) is 1.61. The molecule has 4 heteroatoms. The molecule has 0 spiro atoms. The molecule has 0 saturated carbocycles. The van der Waals surface area contributed by atoms with Crippen LogP contribution in [0.3, 0.4) is 0 Å². The second-order valence-corrected chi connectivity index (χ2v) is 3.78. The SMILES string of the molecule is NCCCN1C(=O)C2=CC=CCC2C1=O. The Morgan fingerprint density at radius 2 is 2.27 bits per heavy atom. The summed E-state index contributed by atoms with van der Waals surface area (Å²) < 4.78 is 0. The van der Waals surface area contributed by atoms with Gasteiger partial charge < -0.3 is 5.73 Å². The molecule has 2 amide bonds. The Balaban J connectivity index is 2.17. The van der Waals surface area contributed by atoms with Gasteiger partial charge in [0.2, 0.25) is 5.91 Å². The quantitative estimate of drug-likeness (QED) is 0.671.